The van der Waals surface area contributed by atoms with Crippen molar-refractivity contribution in [3.8, 4) is 11.5 Å². The van der Waals surface area contributed by atoms with Crippen LogP contribution in [-0.2, 0) is 12.0 Å². The van der Waals surface area contributed by atoms with Crippen LogP contribution >= 0.6 is 0 Å². The molecule has 0 saturated heterocycles. The molecule has 0 spiro atoms. The van der Waals surface area contributed by atoms with E-state index in [2.05, 4.69) is 58.9 Å². The van der Waals surface area contributed by atoms with Gasteiger partial charge in [-0.25, -0.2) is 0 Å². The lowest BCUT2D eigenvalue weighted by molar-refractivity contribution is 0.451. The standard InChI is InChI=1S/C19H25NO/c1-13-6-9-16(19(3,4)5)18(10-13)21-17-11-15(12-20)8-7-14(17)2/h6-11H,12,20H2,1-5H3. The van der Waals surface area contributed by atoms with Crippen molar-refractivity contribution < 1.29 is 4.74 Å². The molecule has 2 heteroatoms. The van der Waals surface area contributed by atoms with Crippen molar-refractivity contribution in [1.82, 2.24) is 0 Å². The van der Waals surface area contributed by atoms with Crippen LogP contribution in [0.1, 0.15) is 43.0 Å². The van der Waals surface area contributed by atoms with Gasteiger partial charge in [-0.05, 0) is 48.1 Å². The van der Waals surface area contributed by atoms with Crippen molar-refractivity contribution in [2.24, 2.45) is 5.73 Å². The van der Waals surface area contributed by atoms with E-state index in [1.54, 1.807) is 0 Å². The number of benzene rings is 2. The van der Waals surface area contributed by atoms with Crippen LogP contribution in [0.15, 0.2) is 36.4 Å². The molecule has 2 nitrogen and oxygen atoms in total. The highest BCUT2D eigenvalue weighted by molar-refractivity contribution is 5.46. The van der Waals surface area contributed by atoms with Gasteiger partial charge < -0.3 is 10.5 Å². The first-order valence-corrected chi connectivity index (χ1v) is 7.40. The van der Waals surface area contributed by atoms with Gasteiger partial charge in [0.25, 0.3) is 0 Å². The first-order valence-electron chi connectivity index (χ1n) is 7.40. The van der Waals surface area contributed by atoms with Gasteiger partial charge >= 0.3 is 0 Å². The third kappa shape index (κ3) is 3.64. The molecular weight excluding hydrogens is 258 g/mol. The topological polar surface area (TPSA) is 35.2 Å². The van der Waals surface area contributed by atoms with Crippen molar-refractivity contribution >= 4 is 0 Å². The molecule has 2 aromatic carbocycles. The lowest BCUT2D eigenvalue weighted by atomic mass is 9.86. The molecule has 0 unspecified atom stereocenters. The summed E-state index contributed by atoms with van der Waals surface area (Å²) in [5, 5.41) is 0. The smallest absolute Gasteiger partial charge is 0.131 e. The molecule has 0 fully saturated rings. The molecular formula is C19H25NO. The Labute approximate surface area is 127 Å². The minimum atomic E-state index is 0.0441. The Balaban J connectivity index is 2.46. The molecule has 21 heavy (non-hydrogen) atoms. The van der Waals surface area contributed by atoms with E-state index < -0.39 is 0 Å². The molecule has 0 aliphatic rings. The van der Waals surface area contributed by atoms with Crippen molar-refractivity contribution in [2.45, 2.75) is 46.6 Å². The molecule has 0 radical (unpaired) electrons. The first-order chi connectivity index (χ1) is 9.81. The molecule has 0 atom stereocenters. The summed E-state index contributed by atoms with van der Waals surface area (Å²) in [6.07, 6.45) is 0. The highest BCUT2D eigenvalue weighted by atomic mass is 16.5. The highest BCUT2D eigenvalue weighted by Crippen LogP contribution is 2.36. The number of ether oxygens (including phenoxy) is 1. The minimum absolute atomic E-state index is 0.0441. The van der Waals surface area contributed by atoms with E-state index in [0.29, 0.717) is 6.54 Å². The number of hydrogen-bond acceptors (Lipinski definition) is 2. The predicted molar refractivity (Wildman–Crippen MR) is 89.0 cm³/mol. The average molecular weight is 283 g/mol. The van der Waals surface area contributed by atoms with Crippen molar-refractivity contribution in [1.29, 1.82) is 0 Å². The minimum Gasteiger partial charge on any atom is -0.457 e. The number of hydrogen-bond donors (Lipinski definition) is 1. The maximum Gasteiger partial charge on any atom is 0.131 e. The molecule has 2 aromatic rings. The van der Waals surface area contributed by atoms with Crippen LogP contribution in [0.5, 0.6) is 11.5 Å². The van der Waals surface area contributed by atoms with E-state index in [1.807, 2.05) is 12.1 Å². The monoisotopic (exact) mass is 283 g/mol. The van der Waals surface area contributed by atoms with Gasteiger partial charge in [0.1, 0.15) is 11.5 Å². The molecule has 2 rings (SSSR count). The molecule has 0 aliphatic carbocycles. The summed E-state index contributed by atoms with van der Waals surface area (Å²) in [4.78, 5) is 0. The van der Waals surface area contributed by atoms with E-state index in [-0.39, 0.29) is 5.41 Å². The summed E-state index contributed by atoms with van der Waals surface area (Å²) in [5.74, 6) is 1.81. The Hall–Kier alpha value is -1.80. The second kappa shape index (κ2) is 5.90. The maximum absolute atomic E-state index is 6.23. The summed E-state index contributed by atoms with van der Waals surface area (Å²) in [5.41, 5.74) is 10.4. The molecule has 0 amide bonds. The molecule has 112 valence electrons. The van der Waals surface area contributed by atoms with Crippen LogP contribution in [0.3, 0.4) is 0 Å². The first kappa shape index (κ1) is 15.6. The molecule has 2 N–H and O–H groups in total. The van der Waals surface area contributed by atoms with Gasteiger partial charge in [0.2, 0.25) is 0 Å². The Kier molecular flexibility index (Phi) is 4.38. The van der Waals surface area contributed by atoms with Gasteiger partial charge in [-0.2, -0.15) is 0 Å². The van der Waals surface area contributed by atoms with Crippen molar-refractivity contribution in [3.63, 3.8) is 0 Å². The van der Waals surface area contributed by atoms with Gasteiger partial charge in [-0.3, -0.25) is 0 Å². The molecule has 0 aromatic heterocycles. The summed E-state index contributed by atoms with van der Waals surface area (Å²) in [7, 11) is 0. The van der Waals surface area contributed by atoms with Crippen LogP contribution in [0.2, 0.25) is 0 Å². The highest BCUT2D eigenvalue weighted by Gasteiger charge is 2.19. The Bertz CT molecular complexity index is 638. The van der Waals surface area contributed by atoms with Gasteiger partial charge in [0.05, 0.1) is 0 Å². The largest absolute Gasteiger partial charge is 0.457 e. The fourth-order valence-corrected chi connectivity index (χ4v) is 2.33. The van der Waals surface area contributed by atoms with Gasteiger partial charge in [-0.15, -0.1) is 0 Å². The summed E-state index contributed by atoms with van der Waals surface area (Å²) in [6.45, 7) is 11.3. The molecule has 0 heterocycles. The lowest BCUT2D eigenvalue weighted by Gasteiger charge is -2.23. The van der Waals surface area contributed by atoms with Crippen LogP contribution in [-0.4, -0.2) is 0 Å². The van der Waals surface area contributed by atoms with E-state index in [4.69, 9.17) is 10.5 Å². The Morgan fingerprint density at radius 3 is 2.29 bits per heavy atom. The quantitative estimate of drug-likeness (QED) is 0.873. The zero-order valence-corrected chi connectivity index (χ0v) is 13.7. The fourth-order valence-electron chi connectivity index (χ4n) is 2.33. The second-order valence-electron chi connectivity index (χ2n) is 6.66. The van der Waals surface area contributed by atoms with Crippen molar-refractivity contribution in [2.75, 3.05) is 0 Å². The van der Waals surface area contributed by atoms with E-state index in [0.717, 1.165) is 22.6 Å². The number of aryl methyl sites for hydroxylation is 2. The Morgan fingerprint density at radius 2 is 1.67 bits per heavy atom. The second-order valence-corrected chi connectivity index (χ2v) is 6.66. The van der Waals surface area contributed by atoms with Crippen molar-refractivity contribution in [3.05, 3.63) is 58.7 Å². The fraction of sp³-hybridized carbons (Fsp3) is 0.368. The van der Waals surface area contributed by atoms with E-state index in [1.165, 1.54) is 11.1 Å². The van der Waals surface area contributed by atoms with Gasteiger partial charge in [0, 0.05) is 12.1 Å². The van der Waals surface area contributed by atoms with Crippen LogP contribution < -0.4 is 10.5 Å². The Morgan fingerprint density at radius 1 is 0.952 bits per heavy atom. The SMILES string of the molecule is Cc1ccc(C(C)(C)C)c(Oc2cc(CN)ccc2C)c1. The zero-order valence-electron chi connectivity index (χ0n) is 13.7. The molecule has 0 aliphatic heterocycles. The van der Waals surface area contributed by atoms with Gasteiger partial charge in [-0.1, -0.05) is 45.0 Å². The van der Waals surface area contributed by atoms with Crippen LogP contribution in [0.4, 0.5) is 0 Å². The summed E-state index contributed by atoms with van der Waals surface area (Å²) < 4.78 is 6.23. The van der Waals surface area contributed by atoms with Gasteiger partial charge in [0.15, 0.2) is 0 Å². The van der Waals surface area contributed by atoms with Crippen LogP contribution in [0, 0.1) is 13.8 Å². The van der Waals surface area contributed by atoms with E-state index >= 15 is 0 Å². The van der Waals surface area contributed by atoms with E-state index in [9.17, 15) is 0 Å². The summed E-state index contributed by atoms with van der Waals surface area (Å²) >= 11 is 0. The normalized spacial score (nSPS) is 11.5. The number of rotatable bonds is 3. The average Bonchev–Trinajstić information content (AvgIpc) is 2.40. The molecule has 0 bridgehead atoms. The lowest BCUT2D eigenvalue weighted by Crippen LogP contribution is -2.12. The van der Waals surface area contributed by atoms with Crippen LogP contribution in [0.25, 0.3) is 0 Å². The third-order valence-corrected chi connectivity index (χ3v) is 3.65. The number of nitrogens with two attached hydrogens (primary N) is 1. The maximum atomic E-state index is 6.23. The third-order valence-electron chi connectivity index (χ3n) is 3.65. The predicted octanol–water partition coefficient (Wildman–Crippen LogP) is 4.85. The zero-order chi connectivity index (χ0) is 15.6. The summed E-state index contributed by atoms with van der Waals surface area (Å²) in [6, 6.07) is 12.5. The molecule has 0 saturated carbocycles.